The lowest BCUT2D eigenvalue weighted by atomic mass is 9.98. The lowest BCUT2D eigenvalue weighted by Gasteiger charge is -2.35. The van der Waals surface area contributed by atoms with Crippen LogP contribution in [0.3, 0.4) is 0 Å². The maximum atomic E-state index is 14.4. The highest BCUT2D eigenvalue weighted by Crippen LogP contribution is 2.28. The number of phenolic OH excluding ortho intramolecular Hbond substituents is 2. The Morgan fingerprint density at radius 1 is 1.00 bits per heavy atom. The lowest BCUT2D eigenvalue weighted by Crippen LogP contribution is -2.54. The number of hydrogen-bond acceptors (Lipinski definition) is 8. The number of esters is 1. The van der Waals surface area contributed by atoms with Crippen molar-refractivity contribution in [1.82, 2.24) is 15.5 Å². The van der Waals surface area contributed by atoms with Crippen molar-refractivity contribution in [3.05, 3.63) is 59.2 Å². The Kier molecular flexibility index (Phi) is 13.3. The summed E-state index contributed by atoms with van der Waals surface area (Å²) in [6.07, 6.45) is 0.502. The topological polar surface area (TPSA) is 154 Å². The Hall–Kier alpha value is -4.28. The van der Waals surface area contributed by atoms with Gasteiger partial charge in [0.2, 0.25) is 11.8 Å². The van der Waals surface area contributed by atoms with E-state index in [-0.39, 0.29) is 44.0 Å². The molecule has 0 radical (unpaired) electrons. The van der Waals surface area contributed by atoms with Gasteiger partial charge in [-0.1, -0.05) is 31.5 Å². The van der Waals surface area contributed by atoms with Crippen LogP contribution in [0, 0.1) is 6.92 Å². The van der Waals surface area contributed by atoms with Gasteiger partial charge in [0.25, 0.3) is 0 Å². The highest BCUT2D eigenvalue weighted by molar-refractivity contribution is 5.92. The first-order valence-electron chi connectivity index (χ1n) is 14.6. The summed E-state index contributed by atoms with van der Waals surface area (Å²) in [5, 5.41) is 25.3. The average molecular weight is 600 g/mol. The number of nitrogens with one attached hydrogen (secondary N) is 2. The number of unbranched alkanes of at least 4 members (excludes halogenated alkanes) is 1. The molecule has 0 aromatic heterocycles. The minimum absolute atomic E-state index is 0.00582. The Bertz CT molecular complexity index is 1240. The van der Waals surface area contributed by atoms with Crippen LogP contribution in [0.1, 0.15) is 76.6 Å². The molecule has 4 N–H and O–H groups in total. The number of carbonyl (C=O) groups is 4. The molecule has 0 fully saturated rings. The quantitative estimate of drug-likeness (QED) is 0.235. The molecule has 2 rings (SSSR count). The van der Waals surface area contributed by atoms with Gasteiger partial charge in [0.05, 0.1) is 13.0 Å². The summed E-state index contributed by atoms with van der Waals surface area (Å²) in [7, 11) is 0. The van der Waals surface area contributed by atoms with Gasteiger partial charge in [0.15, 0.2) is 0 Å². The van der Waals surface area contributed by atoms with Crippen LogP contribution in [0.5, 0.6) is 11.5 Å². The number of aryl methyl sites for hydroxylation is 1. The second-order valence-corrected chi connectivity index (χ2v) is 11.2. The van der Waals surface area contributed by atoms with Crippen molar-refractivity contribution in [1.29, 1.82) is 0 Å². The second-order valence-electron chi connectivity index (χ2n) is 11.2. The number of benzene rings is 2. The number of alkyl carbamates (subject to hydrolysis) is 1. The monoisotopic (exact) mass is 599 g/mol. The maximum absolute atomic E-state index is 14.4. The molecule has 2 aromatic rings. The fourth-order valence-corrected chi connectivity index (χ4v) is 4.35. The summed E-state index contributed by atoms with van der Waals surface area (Å²) in [5.41, 5.74) is 0.813. The third kappa shape index (κ3) is 11.5. The number of rotatable bonds is 14. The van der Waals surface area contributed by atoms with Gasteiger partial charge in [0.1, 0.15) is 29.2 Å². The van der Waals surface area contributed by atoms with Crippen LogP contribution in [0.4, 0.5) is 4.79 Å². The van der Waals surface area contributed by atoms with Crippen LogP contribution in [0.15, 0.2) is 42.5 Å². The fraction of sp³-hybridized carbons (Fsp3) is 0.500. The first-order valence-corrected chi connectivity index (χ1v) is 14.6. The standard InChI is InChI=1S/C32H45N3O8/c1-7-9-18-35(28(23-12-15-26(37)21(3)19-23)29(39)33-17-16-27(38)42-8-2)30(40)25(34-31(41)43-32(4,5)6)20-22-10-13-24(36)14-11-22/h10-15,19,25,28,36-37H,7-9,16-18,20H2,1-6H3,(H,33,39)(H,34,41). The molecule has 0 bridgehead atoms. The largest absolute Gasteiger partial charge is 0.508 e. The third-order valence-corrected chi connectivity index (χ3v) is 6.43. The minimum Gasteiger partial charge on any atom is -0.508 e. The maximum Gasteiger partial charge on any atom is 0.408 e. The number of amides is 3. The van der Waals surface area contributed by atoms with E-state index in [4.69, 9.17) is 9.47 Å². The Labute approximate surface area is 253 Å². The smallest absolute Gasteiger partial charge is 0.408 e. The van der Waals surface area contributed by atoms with Crippen molar-refractivity contribution < 1.29 is 38.9 Å². The highest BCUT2D eigenvalue weighted by atomic mass is 16.6. The van der Waals surface area contributed by atoms with E-state index in [1.54, 1.807) is 58.9 Å². The van der Waals surface area contributed by atoms with Crippen LogP contribution in [-0.2, 0) is 30.3 Å². The molecule has 0 heterocycles. The zero-order valence-electron chi connectivity index (χ0n) is 25.9. The molecule has 11 nitrogen and oxygen atoms in total. The van der Waals surface area contributed by atoms with Crippen LogP contribution in [0.25, 0.3) is 0 Å². The molecular weight excluding hydrogens is 554 g/mol. The van der Waals surface area contributed by atoms with Gasteiger partial charge in [-0.25, -0.2) is 4.79 Å². The first-order chi connectivity index (χ1) is 20.2. The molecule has 2 aromatic carbocycles. The van der Waals surface area contributed by atoms with E-state index in [2.05, 4.69) is 10.6 Å². The number of hydrogen-bond donors (Lipinski definition) is 4. The number of carbonyl (C=O) groups excluding carboxylic acids is 4. The normalized spacial score (nSPS) is 12.5. The molecule has 11 heteroatoms. The van der Waals surface area contributed by atoms with Crippen molar-refractivity contribution in [2.75, 3.05) is 19.7 Å². The van der Waals surface area contributed by atoms with Crippen molar-refractivity contribution in [3.8, 4) is 11.5 Å². The van der Waals surface area contributed by atoms with Gasteiger partial charge >= 0.3 is 12.1 Å². The van der Waals surface area contributed by atoms with Gasteiger partial charge in [-0.2, -0.15) is 0 Å². The molecule has 0 spiro atoms. The van der Waals surface area contributed by atoms with E-state index in [9.17, 15) is 29.4 Å². The predicted molar refractivity (Wildman–Crippen MR) is 161 cm³/mol. The molecular formula is C32H45N3O8. The van der Waals surface area contributed by atoms with E-state index < -0.39 is 41.6 Å². The summed E-state index contributed by atoms with van der Waals surface area (Å²) >= 11 is 0. The van der Waals surface area contributed by atoms with Crippen molar-refractivity contribution >= 4 is 23.9 Å². The molecule has 2 atom stereocenters. The molecule has 0 saturated heterocycles. The van der Waals surface area contributed by atoms with E-state index in [0.29, 0.717) is 23.1 Å². The van der Waals surface area contributed by atoms with Crippen LogP contribution in [-0.4, -0.2) is 70.3 Å². The van der Waals surface area contributed by atoms with Crippen LogP contribution >= 0.6 is 0 Å². The Morgan fingerprint density at radius 2 is 1.67 bits per heavy atom. The third-order valence-electron chi connectivity index (χ3n) is 6.43. The summed E-state index contributed by atoms with van der Waals surface area (Å²) in [6, 6.07) is 8.66. The molecule has 43 heavy (non-hydrogen) atoms. The summed E-state index contributed by atoms with van der Waals surface area (Å²) in [4.78, 5) is 54.3. The molecule has 0 saturated carbocycles. The zero-order chi connectivity index (χ0) is 32.2. The minimum atomic E-state index is -1.14. The van der Waals surface area contributed by atoms with Gasteiger partial charge in [-0.05, 0) is 82.0 Å². The molecule has 0 aliphatic carbocycles. The number of ether oxygens (including phenoxy) is 2. The van der Waals surface area contributed by atoms with E-state index in [1.807, 2.05) is 6.92 Å². The molecule has 236 valence electrons. The molecule has 3 amide bonds. The fourth-order valence-electron chi connectivity index (χ4n) is 4.35. The summed E-state index contributed by atoms with van der Waals surface area (Å²) in [5.74, 6) is -1.43. The highest BCUT2D eigenvalue weighted by Gasteiger charge is 2.36. The van der Waals surface area contributed by atoms with Gasteiger partial charge in [-0.15, -0.1) is 0 Å². The van der Waals surface area contributed by atoms with Crippen LogP contribution in [0.2, 0.25) is 0 Å². The first kappa shape index (κ1) is 34.9. The lowest BCUT2D eigenvalue weighted by molar-refractivity contribution is -0.144. The van der Waals surface area contributed by atoms with Crippen molar-refractivity contribution in [3.63, 3.8) is 0 Å². The van der Waals surface area contributed by atoms with Gasteiger partial charge in [-0.3, -0.25) is 14.4 Å². The van der Waals surface area contributed by atoms with Crippen molar-refractivity contribution in [2.24, 2.45) is 0 Å². The summed E-state index contributed by atoms with van der Waals surface area (Å²) in [6.45, 7) is 10.9. The van der Waals surface area contributed by atoms with Crippen molar-refractivity contribution in [2.45, 2.75) is 84.9 Å². The van der Waals surface area contributed by atoms with E-state index in [0.717, 1.165) is 6.42 Å². The summed E-state index contributed by atoms with van der Waals surface area (Å²) < 4.78 is 10.4. The molecule has 2 unspecified atom stereocenters. The zero-order valence-corrected chi connectivity index (χ0v) is 25.9. The van der Waals surface area contributed by atoms with Gasteiger partial charge in [0, 0.05) is 19.5 Å². The second kappa shape index (κ2) is 16.4. The molecule has 0 aliphatic rings. The average Bonchev–Trinajstić information content (AvgIpc) is 2.92. The van der Waals surface area contributed by atoms with Crippen LogP contribution < -0.4 is 10.6 Å². The number of phenols is 2. The SMILES string of the molecule is CCCCN(C(=O)C(Cc1ccc(O)cc1)NC(=O)OC(C)(C)C)C(C(=O)NCCC(=O)OCC)c1ccc(O)c(C)c1. The van der Waals surface area contributed by atoms with E-state index in [1.165, 1.54) is 23.1 Å². The Morgan fingerprint density at radius 3 is 2.26 bits per heavy atom. The predicted octanol–water partition coefficient (Wildman–Crippen LogP) is 4.28. The molecule has 0 aliphatic heterocycles. The number of nitrogens with zero attached hydrogens (tertiary/aromatic N) is 1. The van der Waals surface area contributed by atoms with E-state index >= 15 is 0 Å². The van der Waals surface area contributed by atoms with Gasteiger partial charge < -0.3 is 35.2 Å². The number of aromatic hydroxyl groups is 2. The Balaban J connectivity index is 2.53.